The van der Waals surface area contributed by atoms with Crippen LogP contribution >= 0.6 is 9.90 Å². The number of nitrogens with zero attached hydrogens (tertiary/aromatic N) is 1. The van der Waals surface area contributed by atoms with Crippen LogP contribution in [0, 0.1) is 0 Å². The van der Waals surface area contributed by atoms with Gasteiger partial charge in [0.1, 0.15) is 19.8 Å². The molecule has 7 nitrogen and oxygen atoms in total. The summed E-state index contributed by atoms with van der Waals surface area (Å²) < 4.78 is 0. The second-order valence-corrected chi connectivity index (χ2v) is 1.99. The number of aliphatic hydroxyl groups is 3. The van der Waals surface area contributed by atoms with E-state index in [1.165, 1.54) is 0 Å². The molecule has 0 fully saturated rings. The van der Waals surface area contributed by atoms with Gasteiger partial charge in [0.2, 0.25) is 0 Å². The van der Waals surface area contributed by atoms with Crippen LogP contribution < -0.4 is 0 Å². The normalized spacial score (nSPS) is 8.79. The SMILES string of the molecule is O=C(CO)N(C(=O)CO)C(=O)CO.P. The van der Waals surface area contributed by atoms with Crippen molar-refractivity contribution in [3.05, 3.63) is 0 Å². The second-order valence-electron chi connectivity index (χ2n) is 1.99. The Kier molecular flexibility index (Phi) is 8.37. The van der Waals surface area contributed by atoms with Crippen LogP contribution in [-0.2, 0) is 14.4 Å². The number of hydrogen-bond donors (Lipinski definition) is 3. The van der Waals surface area contributed by atoms with Crippen LogP contribution in [0.2, 0.25) is 0 Å². The highest BCUT2D eigenvalue weighted by atomic mass is 31.0. The number of amides is 3. The van der Waals surface area contributed by atoms with Gasteiger partial charge in [0.15, 0.2) is 0 Å². The summed E-state index contributed by atoms with van der Waals surface area (Å²) in [6, 6.07) is 0. The molecule has 0 aromatic carbocycles. The maximum absolute atomic E-state index is 10.7. The van der Waals surface area contributed by atoms with Gasteiger partial charge >= 0.3 is 0 Å². The fourth-order valence-corrected chi connectivity index (χ4v) is 0.629. The van der Waals surface area contributed by atoms with Gasteiger partial charge in [-0.1, -0.05) is 0 Å². The van der Waals surface area contributed by atoms with Crippen LogP contribution in [0.4, 0.5) is 0 Å². The standard InChI is InChI=1S/C6H9NO6.H3P/c8-1-4(11)7(5(12)2-9)6(13)3-10;/h8-10H,1-3H2;1H3. The van der Waals surface area contributed by atoms with Crippen molar-refractivity contribution in [3.8, 4) is 0 Å². The van der Waals surface area contributed by atoms with Crippen molar-refractivity contribution in [2.24, 2.45) is 0 Å². The summed E-state index contributed by atoms with van der Waals surface area (Å²) in [5.74, 6) is -3.55. The van der Waals surface area contributed by atoms with E-state index in [2.05, 4.69) is 0 Å². The molecule has 0 saturated heterocycles. The van der Waals surface area contributed by atoms with Gasteiger partial charge in [-0.3, -0.25) is 14.4 Å². The van der Waals surface area contributed by atoms with Crippen LogP contribution in [0.15, 0.2) is 0 Å². The molecular weight excluding hydrogens is 213 g/mol. The number of aliphatic hydroxyl groups excluding tert-OH is 3. The van der Waals surface area contributed by atoms with Crippen molar-refractivity contribution in [1.29, 1.82) is 0 Å². The maximum atomic E-state index is 10.7. The largest absolute Gasteiger partial charge is 0.387 e. The second kappa shape index (κ2) is 7.52. The molecule has 0 saturated carbocycles. The molecule has 1 atom stereocenters. The smallest absolute Gasteiger partial charge is 0.261 e. The van der Waals surface area contributed by atoms with Crippen molar-refractivity contribution in [2.45, 2.75) is 0 Å². The highest BCUT2D eigenvalue weighted by molar-refractivity contribution is 6.92. The molecule has 0 aromatic heterocycles. The summed E-state index contributed by atoms with van der Waals surface area (Å²) >= 11 is 0. The van der Waals surface area contributed by atoms with E-state index in [0.717, 1.165) is 0 Å². The topological polar surface area (TPSA) is 115 Å². The number of hydrogen-bond acceptors (Lipinski definition) is 6. The van der Waals surface area contributed by atoms with Crippen molar-refractivity contribution in [2.75, 3.05) is 19.8 Å². The van der Waals surface area contributed by atoms with Crippen molar-refractivity contribution in [3.63, 3.8) is 0 Å². The lowest BCUT2D eigenvalue weighted by atomic mass is 10.4. The minimum absolute atomic E-state index is 0. The first-order valence-electron chi connectivity index (χ1n) is 3.29. The average molecular weight is 225 g/mol. The number of carbonyl (C=O) groups excluding carboxylic acids is 3. The highest BCUT2D eigenvalue weighted by Gasteiger charge is 2.26. The lowest BCUT2D eigenvalue weighted by Crippen LogP contribution is -2.46. The molecule has 0 aliphatic carbocycles. The van der Waals surface area contributed by atoms with E-state index in [4.69, 9.17) is 15.3 Å². The van der Waals surface area contributed by atoms with Gasteiger partial charge < -0.3 is 15.3 Å². The predicted octanol–water partition coefficient (Wildman–Crippen LogP) is -3.10. The zero-order chi connectivity index (χ0) is 10.4. The van der Waals surface area contributed by atoms with Crippen LogP contribution in [0.5, 0.6) is 0 Å². The lowest BCUT2D eigenvalue weighted by molar-refractivity contribution is -0.158. The van der Waals surface area contributed by atoms with Gasteiger partial charge in [-0.05, 0) is 0 Å². The quantitative estimate of drug-likeness (QED) is 0.438. The molecule has 0 aromatic rings. The van der Waals surface area contributed by atoms with Crippen LogP contribution in [0.3, 0.4) is 0 Å². The Hall–Kier alpha value is -0.880. The molecule has 14 heavy (non-hydrogen) atoms. The van der Waals surface area contributed by atoms with E-state index in [0.29, 0.717) is 0 Å². The first kappa shape index (κ1) is 15.6. The van der Waals surface area contributed by atoms with Gasteiger partial charge in [0, 0.05) is 0 Å². The monoisotopic (exact) mass is 225 g/mol. The molecule has 0 bridgehead atoms. The zero-order valence-corrected chi connectivity index (χ0v) is 8.76. The molecule has 0 aliphatic rings. The number of carbonyl (C=O) groups is 3. The minimum atomic E-state index is -1.18. The molecule has 0 spiro atoms. The molecule has 3 amide bonds. The highest BCUT2D eigenvalue weighted by Crippen LogP contribution is 1.92. The molecule has 0 heterocycles. The minimum Gasteiger partial charge on any atom is -0.387 e. The van der Waals surface area contributed by atoms with E-state index >= 15 is 0 Å². The first-order valence-corrected chi connectivity index (χ1v) is 3.29. The molecular formula is C6H12NO6P. The maximum Gasteiger partial charge on any atom is 0.261 e. The van der Waals surface area contributed by atoms with Gasteiger partial charge in [0.25, 0.3) is 17.7 Å². The first-order chi connectivity index (χ1) is 6.08. The summed E-state index contributed by atoms with van der Waals surface area (Å²) in [6.45, 7) is -3.13. The Balaban J connectivity index is 0. The summed E-state index contributed by atoms with van der Waals surface area (Å²) in [5.41, 5.74) is 0. The Labute approximate surface area is 82.9 Å². The zero-order valence-electron chi connectivity index (χ0n) is 7.34. The summed E-state index contributed by atoms with van der Waals surface area (Å²) in [6.07, 6.45) is 0. The summed E-state index contributed by atoms with van der Waals surface area (Å²) in [4.78, 5) is 32.2. The fraction of sp³-hybridized carbons (Fsp3) is 0.500. The third kappa shape index (κ3) is 3.89. The van der Waals surface area contributed by atoms with E-state index in [-0.39, 0.29) is 14.8 Å². The lowest BCUT2D eigenvalue weighted by Gasteiger charge is -2.14. The van der Waals surface area contributed by atoms with E-state index in [9.17, 15) is 14.4 Å². The number of imide groups is 3. The Morgan fingerprint density at radius 1 is 0.786 bits per heavy atom. The number of rotatable bonds is 3. The Bertz CT molecular complexity index is 192. The van der Waals surface area contributed by atoms with Crippen LogP contribution in [0.1, 0.15) is 0 Å². The van der Waals surface area contributed by atoms with Gasteiger partial charge in [0.05, 0.1) is 0 Å². The Morgan fingerprint density at radius 2 is 1.00 bits per heavy atom. The third-order valence-corrected chi connectivity index (χ3v) is 1.15. The summed E-state index contributed by atoms with van der Waals surface area (Å²) in [7, 11) is 0. The predicted molar refractivity (Wildman–Crippen MR) is 49.2 cm³/mol. The van der Waals surface area contributed by atoms with E-state index in [1.807, 2.05) is 0 Å². The van der Waals surface area contributed by atoms with Crippen molar-refractivity contribution < 1.29 is 29.7 Å². The Morgan fingerprint density at radius 3 is 1.14 bits per heavy atom. The molecule has 8 heteroatoms. The fourth-order valence-electron chi connectivity index (χ4n) is 0.629. The third-order valence-electron chi connectivity index (χ3n) is 1.15. The summed E-state index contributed by atoms with van der Waals surface area (Å²) in [5, 5.41) is 25.0. The molecule has 0 radical (unpaired) electrons. The molecule has 82 valence electrons. The van der Waals surface area contributed by atoms with Gasteiger partial charge in [-0.15, -0.1) is 0 Å². The van der Waals surface area contributed by atoms with Gasteiger partial charge in [-0.2, -0.15) is 9.90 Å². The molecule has 1 unspecified atom stereocenters. The molecule has 3 N–H and O–H groups in total. The van der Waals surface area contributed by atoms with Crippen molar-refractivity contribution in [1.82, 2.24) is 4.90 Å². The van der Waals surface area contributed by atoms with E-state index < -0.39 is 37.5 Å². The molecule has 0 aliphatic heterocycles. The van der Waals surface area contributed by atoms with Crippen LogP contribution in [-0.4, -0.2) is 57.8 Å². The molecule has 0 rings (SSSR count). The van der Waals surface area contributed by atoms with Crippen LogP contribution in [0.25, 0.3) is 0 Å². The van der Waals surface area contributed by atoms with Crippen molar-refractivity contribution >= 4 is 27.6 Å². The average Bonchev–Trinajstić information content (AvgIpc) is 2.16. The van der Waals surface area contributed by atoms with Gasteiger partial charge in [-0.25, -0.2) is 4.90 Å². The van der Waals surface area contributed by atoms with E-state index in [1.54, 1.807) is 0 Å².